The summed E-state index contributed by atoms with van der Waals surface area (Å²) in [4.78, 5) is 0. The minimum absolute atomic E-state index is 0. The Kier molecular flexibility index (Phi) is 22.6. The molecule has 0 N–H and O–H groups in total. The summed E-state index contributed by atoms with van der Waals surface area (Å²) in [5, 5.41) is 0. The van der Waals surface area contributed by atoms with E-state index in [9.17, 15) is 0 Å². The number of hydrogen-bond donors (Lipinski definition) is 0. The van der Waals surface area contributed by atoms with Crippen molar-refractivity contribution < 1.29 is 26.5 Å². The van der Waals surface area contributed by atoms with Gasteiger partial charge in [0.15, 0.2) is 0 Å². The van der Waals surface area contributed by atoms with Gasteiger partial charge in [0.05, 0.1) is 13.2 Å². The van der Waals surface area contributed by atoms with Gasteiger partial charge >= 0.3 is 17.1 Å². The maximum Gasteiger partial charge on any atom is 2.00 e. The zero-order chi connectivity index (χ0) is 9.98. The smallest absolute Gasteiger partial charge is 0.514 e. The van der Waals surface area contributed by atoms with Crippen molar-refractivity contribution in [2.45, 2.75) is 13.8 Å². The van der Waals surface area contributed by atoms with Gasteiger partial charge < -0.3 is 59.2 Å². The van der Waals surface area contributed by atoms with Gasteiger partial charge in [-0.05, 0) is 13.8 Å². The maximum absolute atomic E-state index is 4.59. The Morgan fingerprint density at radius 2 is 1.23 bits per heavy atom. The first-order valence-corrected chi connectivity index (χ1v) is 4.85. The molecule has 2 nitrogen and oxygen atoms in total. The van der Waals surface area contributed by atoms with Crippen molar-refractivity contribution in [3.63, 3.8) is 0 Å². The van der Waals surface area contributed by atoms with E-state index in [1.165, 1.54) is 0 Å². The quantitative estimate of drug-likeness (QED) is 0.436. The molecule has 0 bridgehead atoms. The van der Waals surface area contributed by atoms with Crippen LogP contribution >= 0.6 is 24.4 Å². The molecule has 0 rings (SSSR count). The Bertz CT molecular complexity index is 127. The van der Waals surface area contributed by atoms with Crippen molar-refractivity contribution in [2.75, 3.05) is 13.2 Å². The van der Waals surface area contributed by atoms with Crippen LogP contribution in [0.15, 0.2) is 0 Å². The summed E-state index contributed by atoms with van der Waals surface area (Å²) in [5.74, 6) is 0. The van der Waals surface area contributed by atoms with E-state index in [4.69, 9.17) is 0 Å². The average molecular weight is 298 g/mol. The third-order valence-electron chi connectivity index (χ3n) is 0.524. The Balaban J connectivity index is -0.000000143. The van der Waals surface area contributed by atoms with Gasteiger partial charge in [-0.2, -0.15) is 0 Å². The molecule has 78 valence electrons. The molecule has 0 heterocycles. The summed E-state index contributed by atoms with van der Waals surface area (Å²) >= 11 is 17.5. The van der Waals surface area contributed by atoms with Gasteiger partial charge in [0.25, 0.3) is 0 Å². The Labute approximate surface area is 111 Å². The van der Waals surface area contributed by atoms with Crippen LogP contribution in [0.25, 0.3) is 0 Å². The molecule has 0 spiro atoms. The molecule has 0 unspecified atom stereocenters. The van der Waals surface area contributed by atoms with Crippen LogP contribution in [0.5, 0.6) is 0 Å². The van der Waals surface area contributed by atoms with E-state index in [-0.39, 0.29) is 25.8 Å². The van der Waals surface area contributed by atoms with E-state index < -0.39 is 0 Å². The van der Waals surface area contributed by atoms with E-state index in [1.54, 1.807) is 0 Å². The van der Waals surface area contributed by atoms with Crippen LogP contribution in [-0.4, -0.2) is 22.0 Å². The van der Waals surface area contributed by atoms with Crippen molar-refractivity contribution in [1.29, 1.82) is 0 Å². The summed E-state index contributed by atoms with van der Waals surface area (Å²) in [5.41, 5.74) is 0. The molecule has 0 radical (unpaired) electrons. The Morgan fingerprint density at radius 3 is 1.23 bits per heavy atom. The average Bonchev–Trinajstić information content (AvgIpc) is 1.87. The van der Waals surface area contributed by atoms with Gasteiger partial charge in [-0.3, -0.25) is 0 Å². The summed E-state index contributed by atoms with van der Waals surface area (Å²) in [6.45, 7) is 4.86. The molecule has 0 saturated heterocycles. The van der Waals surface area contributed by atoms with Gasteiger partial charge in [0.1, 0.15) is 0 Å². The molecular weight excluding hydrogens is 288 g/mol. The van der Waals surface area contributed by atoms with E-state index >= 15 is 0 Å². The Morgan fingerprint density at radius 1 is 1.00 bits per heavy atom. The largest absolute Gasteiger partial charge is 2.00 e. The van der Waals surface area contributed by atoms with Crippen molar-refractivity contribution in [3.8, 4) is 0 Å². The summed E-state index contributed by atoms with van der Waals surface area (Å²) in [7, 11) is 0. The molecule has 7 heteroatoms. The van der Waals surface area contributed by atoms with Crippen LogP contribution in [0.3, 0.4) is 0 Å². The molecule has 0 aliphatic carbocycles. The summed E-state index contributed by atoms with van der Waals surface area (Å²) < 4.78 is 9.59. The predicted octanol–water partition coefficient (Wildman–Crippen LogP) is 1.71. The maximum atomic E-state index is 4.59. The standard InChI is InChI=1S/2C3H6OS2.Fe/c2*1-2-4-3(5)6;/h2*2H2,1H3,(H,5,6);/q;;+2/p-2. The van der Waals surface area contributed by atoms with E-state index in [1.807, 2.05) is 13.8 Å². The zero-order valence-corrected chi connectivity index (χ0v) is 11.6. The fourth-order valence-electron chi connectivity index (χ4n) is 0.236. The molecule has 13 heavy (non-hydrogen) atoms. The third-order valence-corrected chi connectivity index (χ3v) is 0.996. The molecule has 0 aliphatic rings. The molecule has 0 amide bonds. The second kappa shape index (κ2) is 15.2. The molecular formula is C6H10FeO2S4. The second-order valence-electron chi connectivity index (χ2n) is 1.37. The molecule has 0 fully saturated rings. The Hall–Kier alpha value is 0.739. The van der Waals surface area contributed by atoms with Crippen LogP contribution in [0.4, 0.5) is 0 Å². The van der Waals surface area contributed by atoms with Gasteiger partial charge in [0, 0.05) is 8.77 Å². The minimum Gasteiger partial charge on any atom is -0.514 e. The molecule has 0 aromatic carbocycles. The molecule has 0 saturated carbocycles. The number of rotatable bonds is 2. The fraction of sp³-hybridized carbons (Fsp3) is 0.667. The zero-order valence-electron chi connectivity index (χ0n) is 7.22. The van der Waals surface area contributed by atoms with Crippen LogP contribution in [0.1, 0.15) is 13.8 Å². The first-order chi connectivity index (χ1) is 5.54. The number of thiocarbonyl (C=S) groups is 2. The van der Waals surface area contributed by atoms with Crippen LogP contribution in [0, 0.1) is 0 Å². The van der Waals surface area contributed by atoms with Crippen LogP contribution < -0.4 is 0 Å². The molecule has 0 aliphatic heterocycles. The van der Waals surface area contributed by atoms with Gasteiger partial charge in [-0.1, -0.05) is 0 Å². The van der Waals surface area contributed by atoms with E-state index in [2.05, 4.69) is 59.2 Å². The van der Waals surface area contributed by atoms with Crippen molar-refractivity contribution >= 4 is 58.5 Å². The van der Waals surface area contributed by atoms with Gasteiger partial charge in [-0.25, -0.2) is 0 Å². The topological polar surface area (TPSA) is 18.5 Å². The molecule has 0 aromatic rings. The van der Waals surface area contributed by atoms with Crippen LogP contribution in [-0.2, 0) is 51.8 Å². The monoisotopic (exact) mass is 298 g/mol. The van der Waals surface area contributed by atoms with Crippen LogP contribution in [0.2, 0.25) is 0 Å². The SMILES string of the molecule is CCOC(=S)[S-].CCOC(=S)[S-].[Fe+2]. The number of ether oxygens (including phenoxy) is 2. The molecule has 0 atom stereocenters. The third kappa shape index (κ3) is 32.3. The van der Waals surface area contributed by atoms with E-state index in [0.29, 0.717) is 13.2 Å². The minimum atomic E-state index is 0. The first-order valence-electron chi connectivity index (χ1n) is 3.22. The van der Waals surface area contributed by atoms with Crippen molar-refractivity contribution in [2.24, 2.45) is 0 Å². The van der Waals surface area contributed by atoms with Crippen molar-refractivity contribution in [1.82, 2.24) is 0 Å². The summed E-state index contributed by atoms with van der Waals surface area (Å²) in [6, 6.07) is 0. The first kappa shape index (κ1) is 19.3. The van der Waals surface area contributed by atoms with Gasteiger partial charge in [0.2, 0.25) is 0 Å². The van der Waals surface area contributed by atoms with E-state index in [0.717, 1.165) is 0 Å². The summed E-state index contributed by atoms with van der Waals surface area (Å²) in [6.07, 6.45) is 0. The normalized spacial score (nSPS) is 6.92. The van der Waals surface area contributed by atoms with Gasteiger partial charge in [-0.15, -0.1) is 0 Å². The predicted molar refractivity (Wildman–Crippen MR) is 63.2 cm³/mol. The second-order valence-corrected chi connectivity index (χ2v) is 3.37. The van der Waals surface area contributed by atoms with Crippen molar-refractivity contribution in [3.05, 3.63) is 0 Å². The molecule has 0 aromatic heterocycles. The fourth-order valence-corrected chi connectivity index (χ4v) is 0.707. The number of hydrogen-bond acceptors (Lipinski definition) is 6.